The second-order valence-corrected chi connectivity index (χ2v) is 4.67. The summed E-state index contributed by atoms with van der Waals surface area (Å²) in [7, 11) is 0. The number of fused-ring (bicyclic) bond motifs is 1. The van der Waals surface area contributed by atoms with Crippen molar-refractivity contribution in [1.82, 2.24) is 10.4 Å². The van der Waals surface area contributed by atoms with E-state index >= 15 is 0 Å². The fraction of sp³-hybridized carbons (Fsp3) is 0.188. The largest absolute Gasteiger partial charge is 0.464 e. The number of hydrogen-bond donors (Lipinski definition) is 2. The number of furan rings is 1. The molecule has 0 radical (unpaired) electrons. The van der Waals surface area contributed by atoms with Crippen LogP contribution in [0.1, 0.15) is 30.0 Å². The number of pyridine rings is 1. The van der Waals surface area contributed by atoms with Crippen LogP contribution in [0.3, 0.4) is 0 Å². The van der Waals surface area contributed by atoms with Crippen molar-refractivity contribution in [2.45, 2.75) is 19.4 Å². The molecule has 3 N–H and O–H groups in total. The van der Waals surface area contributed by atoms with E-state index in [4.69, 9.17) is 10.3 Å². The van der Waals surface area contributed by atoms with Gasteiger partial charge in [0.05, 0.1) is 5.52 Å². The van der Waals surface area contributed by atoms with E-state index in [1.165, 1.54) is 0 Å². The van der Waals surface area contributed by atoms with Crippen molar-refractivity contribution in [1.29, 1.82) is 0 Å². The molecule has 0 aliphatic rings. The van der Waals surface area contributed by atoms with Crippen LogP contribution in [0.15, 0.2) is 53.1 Å². The predicted octanol–water partition coefficient (Wildman–Crippen LogP) is 2.94. The summed E-state index contributed by atoms with van der Waals surface area (Å²) in [6.45, 7) is 2.06. The highest BCUT2D eigenvalue weighted by molar-refractivity contribution is 5.82. The van der Waals surface area contributed by atoms with Gasteiger partial charge in [-0.25, -0.2) is 5.43 Å². The molecule has 2 heterocycles. The maximum absolute atomic E-state index is 5.83. The summed E-state index contributed by atoms with van der Waals surface area (Å²) in [4.78, 5) is 4.37. The molecule has 1 unspecified atom stereocenters. The minimum absolute atomic E-state index is 0.178. The lowest BCUT2D eigenvalue weighted by Gasteiger charge is -2.16. The lowest BCUT2D eigenvalue weighted by atomic mass is 10.00. The van der Waals surface area contributed by atoms with Gasteiger partial charge >= 0.3 is 0 Å². The smallest absolute Gasteiger partial charge is 0.126 e. The second-order valence-electron chi connectivity index (χ2n) is 4.67. The first-order valence-electron chi connectivity index (χ1n) is 6.72. The van der Waals surface area contributed by atoms with Gasteiger partial charge in [0, 0.05) is 18.0 Å². The quantitative estimate of drug-likeness (QED) is 0.563. The minimum atomic E-state index is -0.178. The minimum Gasteiger partial charge on any atom is -0.464 e. The van der Waals surface area contributed by atoms with Gasteiger partial charge in [-0.15, -0.1) is 0 Å². The molecule has 1 aromatic carbocycles. The molecular weight excluding hydrogens is 250 g/mol. The molecular formula is C16H17N3O. The van der Waals surface area contributed by atoms with E-state index in [0.717, 1.165) is 34.4 Å². The summed E-state index contributed by atoms with van der Waals surface area (Å²) >= 11 is 0. The Kier molecular flexibility index (Phi) is 3.50. The molecule has 0 fully saturated rings. The fourth-order valence-electron chi connectivity index (χ4n) is 2.44. The van der Waals surface area contributed by atoms with Crippen molar-refractivity contribution in [2.75, 3.05) is 0 Å². The highest BCUT2D eigenvalue weighted by Gasteiger charge is 2.18. The molecule has 4 nitrogen and oxygen atoms in total. The Balaban J connectivity index is 2.11. The number of rotatable bonds is 4. The second kappa shape index (κ2) is 5.45. The predicted molar refractivity (Wildman–Crippen MR) is 79.0 cm³/mol. The zero-order valence-electron chi connectivity index (χ0n) is 11.3. The van der Waals surface area contributed by atoms with Crippen LogP contribution < -0.4 is 11.3 Å². The Morgan fingerprint density at radius 2 is 2.10 bits per heavy atom. The summed E-state index contributed by atoms with van der Waals surface area (Å²) in [6, 6.07) is 13.8. The van der Waals surface area contributed by atoms with E-state index in [-0.39, 0.29) is 6.04 Å². The SMILES string of the molecule is CCc1ccc(C(NN)c2cccc3ncccc23)o1. The van der Waals surface area contributed by atoms with Crippen LogP contribution in [0.25, 0.3) is 10.9 Å². The van der Waals surface area contributed by atoms with Gasteiger partial charge in [-0.05, 0) is 29.8 Å². The van der Waals surface area contributed by atoms with Crippen molar-refractivity contribution in [3.05, 3.63) is 65.7 Å². The molecule has 0 saturated heterocycles. The van der Waals surface area contributed by atoms with Crippen molar-refractivity contribution < 1.29 is 4.42 Å². The number of nitrogens with one attached hydrogen (secondary N) is 1. The van der Waals surface area contributed by atoms with Crippen molar-refractivity contribution in [3.8, 4) is 0 Å². The Labute approximate surface area is 117 Å². The molecule has 20 heavy (non-hydrogen) atoms. The molecule has 0 saturated carbocycles. The van der Waals surface area contributed by atoms with Gasteiger partial charge in [-0.3, -0.25) is 10.8 Å². The van der Waals surface area contributed by atoms with Crippen LogP contribution in [0.5, 0.6) is 0 Å². The normalized spacial score (nSPS) is 12.7. The molecule has 102 valence electrons. The van der Waals surface area contributed by atoms with Gasteiger partial charge < -0.3 is 4.42 Å². The van der Waals surface area contributed by atoms with Gasteiger partial charge in [0.1, 0.15) is 17.6 Å². The topological polar surface area (TPSA) is 64.1 Å². The maximum atomic E-state index is 5.83. The number of hydrazine groups is 1. The third-order valence-corrected chi connectivity index (χ3v) is 3.47. The summed E-state index contributed by atoms with van der Waals surface area (Å²) < 4.78 is 5.83. The lowest BCUT2D eigenvalue weighted by Crippen LogP contribution is -2.28. The highest BCUT2D eigenvalue weighted by atomic mass is 16.3. The Hall–Kier alpha value is -2.17. The van der Waals surface area contributed by atoms with Crippen LogP contribution in [0.4, 0.5) is 0 Å². The van der Waals surface area contributed by atoms with Gasteiger partial charge in [-0.2, -0.15) is 0 Å². The van der Waals surface area contributed by atoms with Crippen molar-refractivity contribution >= 4 is 10.9 Å². The molecule has 1 atom stereocenters. The van der Waals surface area contributed by atoms with Crippen LogP contribution in [0, 0.1) is 0 Å². The Morgan fingerprint density at radius 3 is 2.85 bits per heavy atom. The first-order valence-corrected chi connectivity index (χ1v) is 6.72. The van der Waals surface area contributed by atoms with E-state index in [1.807, 2.05) is 42.5 Å². The third-order valence-electron chi connectivity index (χ3n) is 3.47. The Bertz CT molecular complexity index is 715. The third kappa shape index (κ3) is 2.19. The number of aromatic nitrogens is 1. The molecule has 3 aromatic rings. The monoisotopic (exact) mass is 267 g/mol. The van der Waals surface area contributed by atoms with E-state index in [9.17, 15) is 0 Å². The first kappa shape index (κ1) is 12.8. The van der Waals surface area contributed by atoms with Crippen molar-refractivity contribution in [2.24, 2.45) is 5.84 Å². The Morgan fingerprint density at radius 1 is 1.20 bits per heavy atom. The summed E-state index contributed by atoms with van der Waals surface area (Å²) in [5.41, 5.74) is 4.86. The number of hydrogen-bond acceptors (Lipinski definition) is 4. The maximum Gasteiger partial charge on any atom is 0.126 e. The number of nitrogens with two attached hydrogens (primary N) is 1. The van der Waals surface area contributed by atoms with Crippen LogP contribution in [0.2, 0.25) is 0 Å². The van der Waals surface area contributed by atoms with Gasteiger partial charge in [0.25, 0.3) is 0 Å². The highest BCUT2D eigenvalue weighted by Crippen LogP contribution is 2.28. The first-order chi connectivity index (χ1) is 9.83. The van der Waals surface area contributed by atoms with Gasteiger partial charge in [0.2, 0.25) is 0 Å². The standard InChI is InChI=1S/C16H17N3O/c1-2-11-8-9-15(20-11)16(19-17)13-5-3-7-14-12(13)6-4-10-18-14/h3-10,16,19H,2,17H2,1H3. The molecule has 3 rings (SSSR count). The fourth-order valence-corrected chi connectivity index (χ4v) is 2.44. The summed E-state index contributed by atoms with van der Waals surface area (Å²) in [6.07, 6.45) is 2.66. The van der Waals surface area contributed by atoms with E-state index in [0.29, 0.717) is 0 Å². The van der Waals surface area contributed by atoms with Crippen LogP contribution >= 0.6 is 0 Å². The van der Waals surface area contributed by atoms with Crippen LogP contribution in [-0.4, -0.2) is 4.98 Å². The molecule has 0 bridgehead atoms. The number of nitrogens with zero attached hydrogens (tertiary/aromatic N) is 1. The van der Waals surface area contributed by atoms with Crippen molar-refractivity contribution in [3.63, 3.8) is 0 Å². The van der Waals surface area contributed by atoms with E-state index in [2.05, 4.69) is 17.3 Å². The molecule has 0 aliphatic heterocycles. The molecule has 0 aliphatic carbocycles. The average Bonchev–Trinajstić information content (AvgIpc) is 2.97. The van der Waals surface area contributed by atoms with Gasteiger partial charge in [-0.1, -0.05) is 25.1 Å². The average molecular weight is 267 g/mol. The summed E-state index contributed by atoms with van der Waals surface area (Å²) in [5.74, 6) is 7.53. The molecule has 4 heteroatoms. The molecule has 2 aromatic heterocycles. The van der Waals surface area contributed by atoms with Crippen LogP contribution in [-0.2, 0) is 6.42 Å². The molecule has 0 amide bonds. The zero-order valence-corrected chi connectivity index (χ0v) is 11.3. The molecule has 0 spiro atoms. The number of benzene rings is 1. The number of aryl methyl sites for hydroxylation is 1. The van der Waals surface area contributed by atoms with E-state index < -0.39 is 0 Å². The van der Waals surface area contributed by atoms with E-state index in [1.54, 1.807) is 6.20 Å². The zero-order chi connectivity index (χ0) is 13.9. The lowest BCUT2D eigenvalue weighted by molar-refractivity contribution is 0.426. The van der Waals surface area contributed by atoms with Gasteiger partial charge in [0.15, 0.2) is 0 Å². The summed E-state index contributed by atoms with van der Waals surface area (Å²) in [5, 5.41) is 1.08.